The van der Waals surface area contributed by atoms with E-state index in [1.165, 1.54) is 63.8 Å². The minimum atomic E-state index is -1.11. The number of carboxylic acid groups (broad SMARTS) is 1. The fourth-order valence-corrected chi connectivity index (χ4v) is 12.3. The molecule has 3 aliphatic heterocycles. The van der Waals surface area contributed by atoms with Gasteiger partial charge in [-0.3, -0.25) is 38.4 Å². The number of aromatic nitrogens is 12. The van der Waals surface area contributed by atoms with E-state index in [0.29, 0.717) is 62.0 Å². The van der Waals surface area contributed by atoms with Crippen molar-refractivity contribution in [1.82, 2.24) is 82.8 Å². The van der Waals surface area contributed by atoms with Crippen LogP contribution in [0.15, 0.2) is 163 Å². The van der Waals surface area contributed by atoms with Gasteiger partial charge in [0.25, 0.3) is 29.5 Å². The Kier molecular flexibility index (Phi) is 21.8. The molecular formula is C71H74N18O16. The third kappa shape index (κ3) is 15.2. The highest BCUT2D eigenvalue weighted by Crippen LogP contribution is 2.28. The van der Waals surface area contributed by atoms with E-state index < -0.39 is 57.4 Å². The molecule has 3 aliphatic rings. The van der Waals surface area contributed by atoms with Gasteiger partial charge in [0, 0.05) is 118 Å². The SMILES string of the molecule is CC(C)N1CCn2c(CN)cc(=O)c(OCc3ccccc3)c2C1=O.CC(C)N1CCn2c(CNC(=O)c3cccn4c(=O)[nH]nc34)cc(=O)c(O)c2C1=O.CC(C)N1CCn2c(CNC(=O)c3cccn4c(=O)[nH]nc34)cc(=O)c(OCc3ccccc3)c2C1=O.O=C(O)c1cccn2c(=O)[nH]nc12. The van der Waals surface area contributed by atoms with E-state index in [-0.39, 0.29) is 125 Å². The van der Waals surface area contributed by atoms with E-state index in [9.17, 15) is 62.6 Å². The molecule has 11 aromatic rings. The molecule has 0 bridgehead atoms. The zero-order valence-corrected chi connectivity index (χ0v) is 57.8. The number of benzene rings is 2. The van der Waals surface area contributed by atoms with Gasteiger partial charge in [0.1, 0.15) is 18.8 Å². The van der Waals surface area contributed by atoms with Crippen molar-refractivity contribution < 1.29 is 48.5 Å². The lowest BCUT2D eigenvalue weighted by atomic mass is 10.1. The van der Waals surface area contributed by atoms with Gasteiger partial charge in [-0.1, -0.05) is 60.7 Å². The average Bonchev–Trinajstić information content (AvgIpc) is 1.76. The van der Waals surface area contributed by atoms with E-state index in [4.69, 9.17) is 20.3 Å². The lowest BCUT2D eigenvalue weighted by Gasteiger charge is -2.35. The average molecular weight is 1440 g/mol. The summed E-state index contributed by atoms with van der Waals surface area (Å²) >= 11 is 0. The Balaban J connectivity index is 0.000000147. The second-order valence-electron chi connectivity index (χ2n) is 25.1. The lowest BCUT2D eigenvalue weighted by Crippen LogP contribution is -2.46. The number of carbonyl (C=O) groups excluding carboxylic acids is 5. The third-order valence-electron chi connectivity index (χ3n) is 17.6. The molecule has 0 spiro atoms. The molecule has 12 heterocycles. The number of rotatable bonds is 17. The number of aromatic hydroxyl groups is 1. The third-order valence-corrected chi connectivity index (χ3v) is 17.6. The predicted octanol–water partition coefficient (Wildman–Crippen LogP) is 2.71. The van der Waals surface area contributed by atoms with Crippen molar-refractivity contribution in [3.8, 4) is 17.2 Å². The van der Waals surface area contributed by atoms with Crippen LogP contribution in [0.5, 0.6) is 17.2 Å². The quantitative estimate of drug-likeness (QED) is 0.0649. The topological polar surface area (TPSA) is 438 Å². The van der Waals surface area contributed by atoms with E-state index in [1.54, 1.807) is 42.0 Å². The summed E-state index contributed by atoms with van der Waals surface area (Å²) in [6, 6.07) is 32.0. The molecule has 14 rings (SSSR count). The van der Waals surface area contributed by atoms with E-state index in [2.05, 4.69) is 41.2 Å². The number of nitrogens with one attached hydrogen (secondary N) is 5. The Labute approximate surface area is 594 Å². The van der Waals surface area contributed by atoms with Gasteiger partial charge in [-0.25, -0.2) is 47.7 Å². The molecular weight excluding hydrogens is 1360 g/mol. The van der Waals surface area contributed by atoms with Crippen LogP contribution < -0.4 is 59.2 Å². The van der Waals surface area contributed by atoms with Crippen molar-refractivity contribution in [2.45, 2.75) is 112 Å². The number of fused-ring (bicyclic) bond motifs is 6. The Morgan fingerprint density at radius 1 is 0.467 bits per heavy atom. The number of carbonyl (C=O) groups is 6. The number of amides is 5. The second kappa shape index (κ2) is 31.3. The van der Waals surface area contributed by atoms with Gasteiger partial charge in [0.05, 0.1) is 24.2 Å². The van der Waals surface area contributed by atoms with Gasteiger partial charge in [0.2, 0.25) is 16.3 Å². The van der Waals surface area contributed by atoms with Crippen molar-refractivity contribution in [2.24, 2.45) is 5.73 Å². The maximum atomic E-state index is 13.5. The summed E-state index contributed by atoms with van der Waals surface area (Å²) in [6.07, 6.45) is 4.45. The van der Waals surface area contributed by atoms with Crippen LogP contribution in [-0.2, 0) is 52.5 Å². The van der Waals surface area contributed by atoms with Crippen molar-refractivity contribution >= 4 is 52.4 Å². The lowest BCUT2D eigenvalue weighted by molar-refractivity contribution is 0.0627. The smallest absolute Gasteiger partial charge is 0.347 e. The molecule has 34 nitrogen and oxygen atoms in total. The Bertz CT molecular complexity index is 5550. The van der Waals surface area contributed by atoms with Gasteiger partial charge in [-0.15, -0.1) is 0 Å². The Morgan fingerprint density at radius 3 is 1.19 bits per heavy atom. The Morgan fingerprint density at radius 2 is 0.810 bits per heavy atom. The Hall–Kier alpha value is -13.3. The van der Waals surface area contributed by atoms with E-state index in [1.807, 2.05) is 107 Å². The van der Waals surface area contributed by atoms with Crippen LogP contribution in [-0.4, -0.2) is 156 Å². The fraction of sp³-hybridized carbons (Fsp3) is 0.282. The maximum Gasteiger partial charge on any atom is 0.347 e. The van der Waals surface area contributed by atoms with Crippen molar-refractivity contribution in [1.29, 1.82) is 0 Å². The number of aromatic carboxylic acids is 1. The summed E-state index contributed by atoms with van der Waals surface area (Å²) in [5.41, 5.74) is 7.58. The summed E-state index contributed by atoms with van der Waals surface area (Å²) < 4.78 is 20.4. The number of hydrogen-bond acceptors (Lipinski definition) is 19. The molecule has 9 N–H and O–H groups in total. The number of hydrogen-bond donors (Lipinski definition) is 8. The molecule has 0 unspecified atom stereocenters. The first-order valence-electron chi connectivity index (χ1n) is 33.3. The van der Waals surface area contributed by atoms with Crippen molar-refractivity contribution in [3.63, 3.8) is 0 Å². The molecule has 2 aromatic carbocycles. The molecule has 0 radical (unpaired) electrons. The first-order valence-corrected chi connectivity index (χ1v) is 33.3. The summed E-state index contributed by atoms with van der Waals surface area (Å²) in [4.78, 5) is 153. The van der Waals surface area contributed by atoms with Crippen LogP contribution in [0.1, 0.15) is 132 Å². The van der Waals surface area contributed by atoms with E-state index in [0.717, 1.165) is 15.5 Å². The molecule has 0 fully saturated rings. The zero-order valence-electron chi connectivity index (χ0n) is 57.8. The molecule has 34 heteroatoms. The molecule has 544 valence electrons. The number of nitrogens with two attached hydrogens (primary N) is 1. The molecule has 105 heavy (non-hydrogen) atoms. The molecule has 0 saturated heterocycles. The second-order valence-corrected chi connectivity index (χ2v) is 25.1. The van der Waals surface area contributed by atoms with Gasteiger partial charge in [-0.05, 0) is 89.1 Å². The van der Waals surface area contributed by atoms with E-state index >= 15 is 0 Å². The van der Waals surface area contributed by atoms with Crippen LogP contribution in [0.2, 0.25) is 0 Å². The van der Waals surface area contributed by atoms with Crippen LogP contribution in [0.4, 0.5) is 0 Å². The number of pyridine rings is 6. The highest BCUT2D eigenvalue weighted by atomic mass is 16.5. The van der Waals surface area contributed by atoms with Gasteiger partial charge >= 0.3 is 23.0 Å². The normalized spacial score (nSPS) is 13.2. The van der Waals surface area contributed by atoms with Crippen LogP contribution >= 0.6 is 0 Å². The van der Waals surface area contributed by atoms with Gasteiger partial charge in [0.15, 0.2) is 51.3 Å². The summed E-state index contributed by atoms with van der Waals surface area (Å²) in [6.45, 7) is 14.9. The van der Waals surface area contributed by atoms with Crippen LogP contribution in [0.3, 0.4) is 0 Å². The van der Waals surface area contributed by atoms with Crippen LogP contribution in [0.25, 0.3) is 16.9 Å². The van der Waals surface area contributed by atoms with Gasteiger partial charge < -0.3 is 64.5 Å². The number of H-pyrrole nitrogens is 3. The minimum absolute atomic E-state index is 0.000787. The van der Waals surface area contributed by atoms with Gasteiger partial charge in [-0.2, -0.15) is 15.3 Å². The van der Waals surface area contributed by atoms with Crippen molar-refractivity contribution in [2.75, 3.05) is 19.6 Å². The largest absolute Gasteiger partial charge is 0.503 e. The molecule has 0 saturated carbocycles. The number of carboxylic acids is 1. The number of aromatic amines is 3. The number of nitrogens with zero attached hydrogens (tertiary/aromatic N) is 12. The first kappa shape index (κ1) is 73.0. The molecule has 9 aromatic heterocycles. The molecule has 0 atom stereocenters. The minimum Gasteiger partial charge on any atom is -0.503 e. The van der Waals surface area contributed by atoms with Crippen molar-refractivity contribution in [3.05, 3.63) is 258 Å². The predicted molar refractivity (Wildman–Crippen MR) is 378 cm³/mol. The summed E-state index contributed by atoms with van der Waals surface area (Å²) in [5.74, 6) is -3.48. The highest BCUT2D eigenvalue weighted by molar-refractivity contribution is 6.01. The molecule has 5 amide bonds. The summed E-state index contributed by atoms with van der Waals surface area (Å²) in [7, 11) is 0. The highest BCUT2D eigenvalue weighted by Gasteiger charge is 2.35. The standard InChI is InChI=1S/C26H26N6O5.C19H20N6O5.C19H23N3O3.C7H5N3O3/c1-16(2)30-11-12-31-18(14-27-24(34)19-9-6-10-32-23(19)28-29-26(32)36)13-20(33)22(21(31)25(30)35)37-15-17-7-4-3-5-8-17;1-10(2)23-6-7-24-11(8-13(26)15(27)14(24)18(23)29)9-20-17(28)12-4-3-5-25-16(12)21-22-19(25)30;1-13(2)21-8-9-22-15(11-20)10-16(23)18(17(22)19(21)24)25-12-14-6-4-3-5-7-14;11-6(12)4-2-1-3-10-5(4)8-9-7(10)13/h3-10,13,16H,11-12,14-15H2,1-2H3,(H,27,34)(H,29,36);3-5,8,10,27H,6-7,9H2,1-2H3,(H,20,28)(H,22,30);3-7,10,13H,8-9,11-12,20H2,1-2H3;1-3H,(H,9,13)(H,11,12). The number of ether oxygens (including phenoxy) is 2. The fourth-order valence-electron chi connectivity index (χ4n) is 12.3. The monoisotopic (exact) mass is 1430 g/mol. The summed E-state index contributed by atoms with van der Waals surface area (Å²) in [5, 5.41) is 42.5. The van der Waals surface area contributed by atoms with Crippen LogP contribution in [0, 0.1) is 0 Å². The zero-order chi connectivity index (χ0) is 75.1. The first-order chi connectivity index (χ1) is 50.4. The molecule has 0 aliphatic carbocycles. The maximum absolute atomic E-state index is 13.5.